The maximum atomic E-state index is 13.9. The summed E-state index contributed by atoms with van der Waals surface area (Å²) in [4.78, 5) is 50.3. The van der Waals surface area contributed by atoms with Crippen LogP contribution in [0.15, 0.2) is 109 Å². The first kappa shape index (κ1) is 27.9. The van der Waals surface area contributed by atoms with E-state index in [0.717, 1.165) is 29.0 Å². The zero-order chi connectivity index (χ0) is 29.3. The van der Waals surface area contributed by atoms with Crippen LogP contribution in [0.4, 0.5) is 5.69 Å². The summed E-state index contributed by atoms with van der Waals surface area (Å²) in [6.07, 6.45) is 1.65. The van der Waals surface area contributed by atoms with Crippen molar-refractivity contribution in [2.24, 2.45) is 0 Å². The number of fused-ring (bicyclic) bond motifs is 2. The largest absolute Gasteiger partial charge is 0.342 e. The SMILES string of the molecule is O=C(Nc1cc2ccccc2cc1C(=O)N1CCC(c2ccccc2)CC1)C(c1cccc2ccccc12)P(=O)(O)O. The normalized spacial score (nSPS) is 15.0. The van der Waals surface area contributed by atoms with Crippen LogP contribution in [-0.2, 0) is 9.36 Å². The van der Waals surface area contributed by atoms with Gasteiger partial charge in [-0.25, -0.2) is 0 Å². The minimum absolute atomic E-state index is 0.222. The average molecular weight is 579 g/mol. The number of amides is 2. The molecular formula is C34H31N2O5P. The van der Waals surface area contributed by atoms with E-state index in [2.05, 4.69) is 17.4 Å². The Morgan fingerprint density at radius 3 is 2.05 bits per heavy atom. The van der Waals surface area contributed by atoms with Crippen molar-refractivity contribution < 1.29 is 23.9 Å². The molecule has 0 aromatic heterocycles. The van der Waals surface area contributed by atoms with E-state index in [0.29, 0.717) is 30.0 Å². The van der Waals surface area contributed by atoms with Crippen LogP contribution in [0.3, 0.4) is 0 Å². The van der Waals surface area contributed by atoms with E-state index in [1.165, 1.54) is 5.56 Å². The molecule has 212 valence electrons. The monoisotopic (exact) mass is 578 g/mol. The van der Waals surface area contributed by atoms with Crippen LogP contribution in [0, 0.1) is 0 Å². The number of carbonyl (C=O) groups is 2. The Bertz CT molecular complexity index is 1820. The molecular weight excluding hydrogens is 547 g/mol. The van der Waals surface area contributed by atoms with Crippen LogP contribution < -0.4 is 5.32 Å². The van der Waals surface area contributed by atoms with Gasteiger partial charge in [0, 0.05) is 13.1 Å². The molecule has 2 amide bonds. The first-order valence-electron chi connectivity index (χ1n) is 14.0. The molecule has 7 nitrogen and oxygen atoms in total. The molecule has 1 fully saturated rings. The summed E-state index contributed by atoms with van der Waals surface area (Å²) in [5.41, 5.74) is 0.269. The van der Waals surface area contributed by atoms with Crippen molar-refractivity contribution in [3.05, 3.63) is 126 Å². The molecule has 0 saturated carbocycles. The lowest BCUT2D eigenvalue weighted by Gasteiger charge is -2.33. The van der Waals surface area contributed by atoms with Crippen molar-refractivity contribution in [2.45, 2.75) is 24.4 Å². The summed E-state index contributed by atoms with van der Waals surface area (Å²) in [6, 6.07) is 33.5. The third-order valence-corrected chi connectivity index (χ3v) is 9.32. The molecule has 1 heterocycles. The number of hydrogen-bond acceptors (Lipinski definition) is 3. The lowest BCUT2D eigenvalue weighted by atomic mass is 9.89. The van der Waals surface area contributed by atoms with Gasteiger partial charge in [-0.05, 0) is 63.6 Å². The van der Waals surface area contributed by atoms with Gasteiger partial charge in [0.2, 0.25) is 5.91 Å². The Kier molecular flexibility index (Phi) is 7.65. The molecule has 1 aliphatic rings. The smallest absolute Gasteiger partial charge is 0.339 e. The quantitative estimate of drug-likeness (QED) is 0.191. The van der Waals surface area contributed by atoms with E-state index in [1.54, 1.807) is 41.3 Å². The molecule has 42 heavy (non-hydrogen) atoms. The van der Waals surface area contributed by atoms with Gasteiger partial charge in [-0.15, -0.1) is 0 Å². The second-order valence-electron chi connectivity index (χ2n) is 10.8. The van der Waals surface area contributed by atoms with E-state index in [1.807, 2.05) is 60.7 Å². The summed E-state index contributed by atoms with van der Waals surface area (Å²) in [5, 5.41) is 5.73. The topological polar surface area (TPSA) is 107 Å². The highest BCUT2D eigenvalue weighted by Crippen LogP contribution is 2.53. The van der Waals surface area contributed by atoms with Gasteiger partial charge in [0.05, 0.1) is 11.3 Å². The van der Waals surface area contributed by atoms with E-state index in [4.69, 9.17) is 0 Å². The van der Waals surface area contributed by atoms with Crippen LogP contribution in [0.1, 0.15) is 45.9 Å². The minimum atomic E-state index is -4.95. The number of piperidine rings is 1. The molecule has 5 aromatic rings. The molecule has 5 aromatic carbocycles. The van der Waals surface area contributed by atoms with Crippen molar-refractivity contribution in [1.29, 1.82) is 0 Å². The first-order chi connectivity index (χ1) is 20.3. The second-order valence-corrected chi connectivity index (χ2v) is 12.5. The Labute approximate surface area is 244 Å². The van der Waals surface area contributed by atoms with Crippen LogP contribution >= 0.6 is 7.60 Å². The Balaban J connectivity index is 1.33. The molecule has 0 aliphatic carbocycles. The van der Waals surface area contributed by atoms with Crippen molar-refractivity contribution >= 4 is 46.6 Å². The molecule has 1 unspecified atom stereocenters. The molecule has 0 bridgehead atoms. The number of nitrogens with one attached hydrogen (secondary N) is 1. The van der Waals surface area contributed by atoms with Gasteiger partial charge in [0.15, 0.2) is 5.66 Å². The number of rotatable bonds is 6. The van der Waals surface area contributed by atoms with E-state index < -0.39 is 19.2 Å². The molecule has 0 radical (unpaired) electrons. The highest BCUT2D eigenvalue weighted by atomic mass is 31.2. The summed E-state index contributed by atoms with van der Waals surface area (Å²) in [6.45, 7) is 1.14. The molecule has 6 rings (SSSR count). The fourth-order valence-corrected chi connectivity index (χ4v) is 6.95. The number of carbonyl (C=O) groups excluding carboxylic acids is 2. The van der Waals surface area contributed by atoms with Crippen molar-refractivity contribution in [1.82, 2.24) is 4.90 Å². The van der Waals surface area contributed by atoms with Gasteiger partial charge in [0.1, 0.15) is 0 Å². The zero-order valence-electron chi connectivity index (χ0n) is 22.9. The van der Waals surface area contributed by atoms with Gasteiger partial charge < -0.3 is 20.0 Å². The van der Waals surface area contributed by atoms with Crippen LogP contribution in [0.25, 0.3) is 21.5 Å². The Morgan fingerprint density at radius 1 is 0.762 bits per heavy atom. The highest BCUT2D eigenvalue weighted by molar-refractivity contribution is 7.53. The summed E-state index contributed by atoms with van der Waals surface area (Å²) >= 11 is 0. The second kappa shape index (κ2) is 11.5. The molecule has 1 saturated heterocycles. The van der Waals surface area contributed by atoms with Gasteiger partial charge in [-0.2, -0.15) is 0 Å². The van der Waals surface area contributed by atoms with Crippen molar-refractivity contribution in [2.75, 3.05) is 18.4 Å². The van der Waals surface area contributed by atoms with E-state index in [9.17, 15) is 23.9 Å². The fourth-order valence-electron chi connectivity index (χ4n) is 6.00. The third-order valence-electron chi connectivity index (χ3n) is 8.13. The number of hydrogen-bond donors (Lipinski definition) is 3. The zero-order valence-corrected chi connectivity index (χ0v) is 23.8. The highest BCUT2D eigenvalue weighted by Gasteiger charge is 2.39. The molecule has 1 aliphatic heterocycles. The number of likely N-dealkylation sites (tertiary alicyclic amines) is 1. The lowest BCUT2D eigenvalue weighted by Crippen LogP contribution is -2.38. The summed E-state index contributed by atoms with van der Waals surface area (Å²) < 4.78 is 12.8. The number of anilines is 1. The number of nitrogens with zero attached hydrogens (tertiary/aromatic N) is 1. The maximum Gasteiger partial charge on any atom is 0.342 e. The van der Waals surface area contributed by atoms with Crippen molar-refractivity contribution in [3.63, 3.8) is 0 Å². The van der Waals surface area contributed by atoms with Gasteiger partial charge in [-0.1, -0.05) is 97.1 Å². The van der Waals surface area contributed by atoms with E-state index >= 15 is 0 Å². The average Bonchev–Trinajstić information content (AvgIpc) is 3.00. The third kappa shape index (κ3) is 5.59. The standard InChI is InChI=1S/C34H31N2O5P/c37-33(32(42(39,40)41)29-16-8-14-25-11-6-7-15-28(25)29)35-31-22-27-13-5-4-12-26(27)21-30(31)34(38)36-19-17-24(18-20-36)23-9-2-1-3-10-23/h1-16,21-22,24,32H,17-20H2,(H,35,37)(H2,39,40,41). The van der Waals surface area contributed by atoms with E-state index in [-0.39, 0.29) is 17.2 Å². The molecule has 1 atom stereocenters. The van der Waals surface area contributed by atoms with Gasteiger partial charge >= 0.3 is 7.60 Å². The molecule has 0 spiro atoms. The summed E-state index contributed by atoms with van der Waals surface area (Å²) in [7, 11) is -4.95. The lowest BCUT2D eigenvalue weighted by molar-refractivity contribution is -0.116. The summed E-state index contributed by atoms with van der Waals surface area (Å²) in [5.74, 6) is -0.719. The molecule has 8 heteroatoms. The molecule has 3 N–H and O–H groups in total. The van der Waals surface area contributed by atoms with Gasteiger partial charge in [-0.3, -0.25) is 14.2 Å². The first-order valence-corrected chi connectivity index (χ1v) is 15.7. The Hall–Kier alpha value is -4.29. The van der Waals surface area contributed by atoms with Crippen LogP contribution in [0.5, 0.6) is 0 Å². The fraction of sp³-hybridized carbons (Fsp3) is 0.176. The van der Waals surface area contributed by atoms with Crippen molar-refractivity contribution in [3.8, 4) is 0 Å². The predicted octanol–water partition coefficient (Wildman–Crippen LogP) is 6.87. The van der Waals surface area contributed by atoms with Crippen LogP contribution in [-0.4, -0.2) is 39.6 Å². The Morgan fingerprint density at radius 2 is 1.36 bits per heavy atom. The minimum Gasteiger partial charge on any atom is -0.339 e. The van der Waals surface area contributed by atoms with Gasteiger partial charge in [0.25, 0.3) is 5.91 Å². The number of benzene rings is 5. The maximum absolute atomic E-state index is 13.9. The van der Waals surface area contributed by atoms with Crippen LogP contribution in [0.2, 0.25) is 0 Å². The predicted molar refractivity (Wildman–Crippen MR) is 166 cm³/mol.